The number of hydrogen-bond acceptors (Lipinski definition) is 5. The minimum atomic E-state index is -0.356. The summed E-state index contributed by atoms with van der Waals surface area (Å²) in [6.07, 6.45) is 4.62. The van der Waals surface area contributed by atoms with Crippen LogP contribution in [0.25, 0.3) is 0 Å². The van der Waals surface area contributed by atoms with E-state index in [4.69, 9.17) is 4.74 Å². The first-order valence-corrected chi connectivity index (χ1v) is 9.35. The van der Waals surface area contributed by atoms with Crippen LogP contribution < -0.4 is 20.9 Å². The van der Waals surface area contributed by atoms with E-state index in [1.54, 1.807) is 13.2 Å². The van der Waals surface area contributed by atoms with Gasteiger partial charge in [-0.1, -0.05) is 24.3 Å². The zero-order valence-electron chi connectivity index (χ0n) is 16.5. The molecule has 154 valence electrons. The number of nitrogens with one attached hydrogen (secondary N) is 2. The summed E-state index contributed by atoms with van der Waals surface area (Å²) in [6, 6.07) is 8.84. The van der Waals surface area contributed by atoms with Crippen LogP contribution >= 0.6 is 0 Å². The van der Waals surface area contributed by atoms with Crippen molar-refractivity contribution < 1.29 is 14.3 Å². The number of hydrogen-bond donors (Lipinski definition) is 2. The van der Waals surface area contributed by atoms with Gasteiger partial charge in [0.2, 0.25) is 11.8 Å². The van der Waals surface area contributed by atoms with Crippen molar-refractivity contribution >= 4 is 11.8 Å². The molecule has 29 heavy (non-hydrogen) atoms. The Balaban J connectivity index is 1.73. The molecule has 1 aromatic heterocycles. The summed E-state index contributed by atoms with van der Waals surface area (Å²) in [5.41, 5.74) is 1.25. The molecule has 1 heterocycles. The molecular weight excluding hydrogens is 372 g/mol. The number of allylic oxidation sites excluding steroid dienone is 1. The Hall–Kier alpha value is -3.42. The van der Waals surface area contributed by atoms with Gasteiger partial charge in [0, 0.05) is 36.8 Å². The normalized spacial score (nSPS) is 10.2. The van der Waals surface area contributed by atoms with Crippen LogP contribution in [0.4, 0.5) is 0 Å². The lowest BCUT2D eigenvalue weighted by molar-refractivity contribution is -0.122. The molecule has 8 heteroatoms. The molecule has 2 N–H and O–H groups in total. The Labute approximate surface area is 169 Å². The lowest BCUT2D eigenvalue weighted by atomic mass is 10.2. The molecule has 0 spiro atoms. The molecule has 0 aliphatic carbocycles. The van der Waals surface area contributed by atoms with Crippen molar-refractivity contribution in [1.82, 2.24) is 20.2 Å². The second-order valence-electron chi connectivity index (χ2n) is 6.36. The number of benzene rings is 1. The number of nitrogens with zero attached hydrogens (tertiary/aromatic N) is 2. The Morgan fingerprint density at radius 2 is 2.03 bits per heavy atom. The number of aryl methyl sites for hydroxylation is 1. The van der Waals surface area contributed by atoms with Gasteiger partial charge in [0.05, 0.1) is 13.4 Å². The Morgan fingerprint density at radius 3 is 2.76 bits per heavy atom. The highest BCUT2D eigenvalue weighted by Crippen LogP contribution is 2.16. The van der Waals surface area contributed by atoms with Crippen LogP contribution in [0.2, 0.25) is 0 Å². The summed E-state index contributed by atoms with van der Waals surface area (Å²) in [5, 5.41) is 5.42. The highest BCUT2D eigenvalue weighted by Gasteiger charge is 2.08. The number of rotatable bonds is 11. The smallest absolute Gasteiger partial charge is 0.253 e. The fourth-order valence-electron chi connectivity index (χ4n) is 2.63. The quantitative estimate of drug-likeness (QED) is 0.554. The van der Waals surface area contributed by atoms with Crippen molar-refractivity contribution in [3.8, 4) is 5.75 Å². The molecule has 0 fully saturated rings. The number of carbonyl (C=O) groups excluding carboxylic acids is 2. The molecular formula is C21H26N4O4. The fraction of sp³-hybridized carbons (Fsp3) is 0.333. The number of carbonyl (C=O) groups is 2. The molecule has 1 aromatic carbocycles. The van der Waals surface area contributed by atoms with Crippen LogP contribution in [0.1, 0.15) is 24.1 Å². The minimum Gasteiger partial charge on any atom is -0.496 e. The lowest BCUT2D eigenvalue weighted by Gasteiger charge is -2.10. The van der Waals surface area contributed by atoms with E-state index in [2.05, 4.69) is 22.2 Å². The van der Waals surface area contributed by atoms with Gasteiger partial charge in [-0.3, -0.25) is 19.0 Å². The maximum atomic E-state index is 12.0. The molecule has 0 atom stereocenters. The van der Waals surface area contributed by atoms with Gasteiger partial charge in [0.1, 0.15) is 12.3 Å². The Morgan fingerprint density at radius 1 is 1.24 bits per heavy atom. The predicted octanol–water partition coefficient (Wildman–Crippen LogP) is 1.19. The molecule has 0 aliphatic rings. The number of para-hydroxylation sites is 1. The summed E-state index contributed by atoms with van der Waals surface area (Å²) < 4.78 is 6.47. The van der Waals surface area contributed by atoms with Crippen LogP contribution in [0.3, 0.4) is 0 Å². The summed E-state index contributed by atoms with van der Waals surface area (Å²) in [6.45, 7) is 4.01. The van der Waals surface area contributed by atoms with Gasteiger partial charge in [-0.05, 0) is 18.9 Å². The lowest BCUT2D eigenvalue weighted by Crippen LogP contribution is -2.35. The maximum absolute atomic E-state index is 12.0. The third kappa shape index (κ3) is 7.25. The molecule has 0 bridgehead atoms. The molecule has 0 saturated heterocycles. The van der Waals surface area contributed by atoms with Crippen molar-refractivity contribution in [2.24, 2.45) is 0 Å². The van der Waals surface area contributed by atoms with E-state index in [-0.39, 0.29) is 36.9 Å². The Kier molecular flexibility index (Phi) is 8.62. The second-order valence-corrected chi connectivity index (χ2v) is 6.36. The first kappa shape index (κ1) is 21.9. The number of methoxy groups -OCH3 is 1. The molecule has 0 saturated carbocycles. The average Bonchev–Trinajstić information content (AvgIpc) is 2.72. The summed E-state index contributed by atoms with van der Waals surface area (Å²) in [7, 11) is 1.58. The third-order valence-corrected chi connectivity index (χ3v) is 4.20. The second kappa shape index (κ2) is 11.4. The number of amides is 2. The van der Waals surface area contributed by atoms with Crippen LogP contribution in [-0.2, 0) is 29.1 Å². The fourth-order valence-corrected chi connectivity index (χ4v) is 2.63. The Bertz CT molecular complexity index is 908. The van der Waals surface area contributed by atoms with Crippen LogP contribution in [0, 0.1) is 0 Å². The van der Waals surface area contributed by atoms with Crippen LogP contribution in [-0.4, -0.2) is 35.0 Å². The highest BCUT2D eigenvalue weighted by atomic mass is 16.5. The molecule has 2 aromatic rings. The summed E-state index contributed by atoms with van der Waals surface area (Å²) >= 11 is 0. The topological polar surface area (TPSA) is 102 Å². The van der Waals surface area contributed by atoms with Crippen molar-refractivity contribution in [3.05, 3.63) is 70.9 Å². The predicted molar refractivity (Wildman–Crippen MR) is 109 cm³/mol. The van der Waals surface area contributed by atoms with Gasteiger partial charge < -0.3 is 15.4 Å². The van der Waals surface area contributed by atoms with E-state index in [0.717, 1.165) is 12.0 Å². The summed E-state index contributed by atoms with van der Waals surface area (Å²) in [4.78, 5) is 40.2. The number of aromatic nitrogens is 2. The monoisotopic (exact) mass is 398 g/mol. The highest BCUT2D eigenvalue weighted by molar-refractivity contribution is 5.78. The zero-order chi connectivity index (χ0) is 21.1. The standard InChI is InChI=1S/C21H26N4O4/c1-3-4-8-17-12-21(28)25(15-24-17)14-20(27)22-11-10-19(26)23-13-16-7-5-6-9-18(16)29-2/h3,5-7,9,12,15H,1,4,8,10-11,13-14H2,2H3,(H,22,27)(H,23,26). The van der Waals surface area contributed by atoms with Gasteiger partial charge in [-0.2, -0.15) is 0 Å². The van der Waals surface area contributed by atoms with Gasteiger partial charge in [0.25, 0.3) is 5.56 Å². The minimum absolute atomic E-state index is 0.133. The van der Waals surface area contributed by atoms with E-state index >= 15 is 0 Å². The SMILES string of the molecule is C=CCCc1cc(=O)n(CC(=O)NCCC(=O)NCc2ccccc2OC)cn1. The number of ether oxygens (including phenoxy) is 1. The average molecular weight is 398 g/mol. The molecule has 2 amide bonds. The molecule has 8 nitrogen and oxygen atoms in total. The van der Waals surface area contributed by atoms with E-state index in [9.17, 15) is 14.4 Å². The van der Waals surface area contributed by atoms with E-state index < -0.39 is 0 Å². The van der Waals surface area contributed by atoms with Crippen LogP contribution in [0.15, 0.2) is 54.1 Å². The maximum Gasteiger partial charge on any atom is 0.253 e. The summed E-state index contributed by atoms with van der Waals surface area (Å²) in [5.74, 6) is 0.155. The van der Waals surface area contributed by atoms with Crippen molar-refractivity contribution in [2.45, 2.75) is 32.4 Å². The van der Waals surface area contributed by atoms with Crippen molar-refractivity contribution in [1.29, 1.82) is 0 Å². The van der Waals surface area contributed by atoms with E-state index in [1.807, 2.05) is 24.3 Å². The van der Waals surface area contributed by atoms with Gasteiger partial charge in [-0.15, -0.1) is 6.58 Å². The van der Waals surface area contributed by atoms with Gasteiger partial charge in [0.15, 0.2) is 0 Å². The van der Waals surface area contributed by atoms with Crippen molar-refractivity contribution in [2.75, 3.05) is 13.7 Å². The first-order chi connectivity index (χ1) is 14.0. The van der Waals surface area contributed by atoms with E-state index in [0.29, 0.717) is 24.4 Å². The zero-order valence-corrected chi connectivity index (χ0v) is 16.5. The van der Waals surface area contributed by atoms with Gasteiger partial charge in [-0.25, -0.2) is 4.98 Å². The largest absolute Gasteiger partial charge is 0.496 e. The molecule has 2 rings (SSSR count). The van der Waals surface area contributed by atoms with Crippen molar-refractivity contribution in [3.63, 3.8) is 0 Å². The molecule has 0 unspecified atom stereocenters. The third-order valence-electron chi connectivity index (χ3n) is 4.20. The first-order valence-electron chi connectivity index (χ1n) is 9.35. The molecule has 0 aliphatic heterocycles. The van der Waals surface area contributed by atoms with Gasteiger partial charge >= 0.3 is 0 Å². The molecule has 0 radical (unpaired) electrons. The van der Waals surface area contributed by atoms with Crippen LogP contribution in [0.5, 0.6) is 5.75 Å². The van der Waals surface area contributed by atoms with E-state index in [1.165, 1.54) is 17.0 Å².